The van der Waals surface area contributed by atoms with Crippen molar-refractivity contribution in [2.24, 2.45) is 0 Å². The van der Waals surface area contributed by atoms with Crippen molar-refractivity contribution < 1.29 is 9.53 Å². The molecule has 0 bridgehead atoms. The molecule has 130 valence electrons. The number of benzene rings is 1. The number of nitrogens with zero attached hydrogens (tertiary/aromatic N) is 1. The molecule has 0 saturated heterocycles. The van der Waals surface area contributed by atoms with Crippen molar-refractivity contribution in [1.82, 2.24) is 10.2 Å². The van der Waals surface area contributed by atoms with Gasteiger partial charge in [-0.1, -0.05) is 27.7 Å². The molecule has 0 radical (unpaired) electrons. The number of aromatic amines is 1. The molecule has 0 aliphatic rings. The van der Waals surface area contributed by atoms with Crippen LogP contribution in [0.25, 0.3) is 11.3 Å². The Kier molecular flexibility index (Phi) is 6.18. The van der Waals surface area contributed by atoms with Crippen LogP contribution < -0.4 is 4.74 Å². The first-order valence-corrected chi connectivity index (χ1v) is 8.86. The fourth-order valence-electron chi connectivity index (χ4n) is 2.92. The molecule has 24 heavy (non-hydrogen) atoms. The summed E-state index contributed by atoms with van der Waals surface area (Å²) in [5, 5.41) is 7.00. The highest BCUT2D eigenvalue weighted by atomic mass is 16.5. The molecule has 0 saturated carbocycles. The lowest BCUT2D eigenvalue weighted by Crippen LogP contribution is -2.06. The summed E-state index contributed by atoms with van der Waals surface area (Å²) in [4.78, 5) is 11.3. The molecule has 2 rings (SSSR count). The minimum absolute atomic E-state index is 0.386. The van der Waals surface area contributed by atoms with Gasteiger partial charge in [0.25, 0.3) is 0 Å². The number of nitrogens with one attached hydrogen (secondary N) is 1. The van der Waals surface area contributed by atoms with Gasteiger partial charge in [-0.15, -0.1) is 0 Å². The Morgan fingerprint density at radius 2 is 1.71 bits per heavy atom. The summed E-state index contributed by atoms with van der Waals surface area (Å²) >= 11 is 0. The number of hydrogen-bond donors (Lipinski definition) is 1. The van der Waals surface area contributed by atoms with Gasteiger partial charge in [0.1, 0.15) is 5.75 Å². The van der Waals surface area contributed by atoms with E-state index in [1.165, 1.54) is 11.1 Å². The fourth-order valence-corrected chi connectivity index (χ4v) is 2.92. The molecule has 4 nitrogen and oxygen atoms in total. The van der Waals surface area contributed by atoms with E-state index in [9.17, 15) is 4.79 Å². The van der Waals surface area contributed by atoms with Crippen molar-refractivity contribution in [1.29, 1.82) is 0 Å². The number of hydrogen-bond acceptors (Lipinski definition) is 3. The molecule has 0 fully saturated rings. The van der Waals surface area contributed by atoms with Crippen LogP contribution in [0.5, 0.6) is 5.75 Å². The van der Waals surface area contributed by atoms with E-state index in [0.29, 0.717) is 24.0 Å². The van der Waals surface area contributed by atoms with Crippen molar-refractivity contribution in [3.63, 3.8) is 0 Å². The Hall–Kier alpha value is -2.10. The molecule has 1 aromatic carbocycles. The maximum Gasteiger partial charge on any atom is 0.153 e. The zero-order valence-corrected chi connectivity index (χ0v) is 15.3. The molecule has 1 aromatic heterocycles. The molecule has 0 aliphatic heterocycles. The van der Waals surface area contributed by atoms with Crippen molar-refractivity contribution in [2.45, 2.75) is 59.3 Å². The van der Waals surface area contributed by atoms with Crippen LogP contribution in [0, 0.1) is 0 Å². The summed E-state index contributed by atoms with van der Waals surface area (Å²) in [6, 6.07) is 4.29. The summed E-state index contributed by atoms with van der Waals surface area (Å²) in [5.41, 5.74) is 4.78. The number of aromatic nitrogens is 2. The monoisotopic (exact) mass is 328 g/mol. The molecule has 2 aromatic rings. The van der Waals surface area contributed by atoms with Crippen molar-refractivity contribution >= 4 is 6.29 Å². The first kappa shape index (κ1) is 18.2. The predicted molar refractivity (Wildman–Crippen MR) is 98.0 cm³/mol. The van der Waals surface area contributed by atoms with Gasteiger partial charge >= 0.3 is 0 Å². The van der Waals surface area contributed by atoms with E-state index < -0.39 is 0 Å². The third kappa shape index (κ3) is 3.53. The number of carbonyl (C=O) groups is 1. The summed E-state index contributed by atoms with van der Waals surface area (Å²) in [7, 11) is 0. The lowest BCUT2D eigenvalue weighted by atomic mass is 9.87. The SMILES string of the molecule is CCOc1c(C(C)CC)cc(-c2[nH]ncc2C=O)cc1C(C)CC. The van der Waals surface area contributed by atoms with Gasteiger partial charge in [0, 0.05) is 5.56 Å². The molecule has 0 aliphatic carbocycles. The van der Waals surface area contributed by atoms with Crippen LogP contribution in [-0.4, -0.2) is 23.1 Å². The molecule has 4 heteroatoms. The van der Waals surface area contributed by atoms with Gasteiger partial charge in [0.05, 0.1) is 24.1 Å². The zero-order chi connectivity index (χ0) is 17.7. The maximum absolute atomic E-state index is 11.3. The lowest BCUT2D eigenvalue weighted by Gasteiger charge is -2.23. The number of ether oxygens (including phenoxy) is 1. The van der Waals surface area contributed by atoms with Crippen LogP contribution in [0.4, 0.5) is 0 Å². The summed E-state index contributed by atoms with van der Waals surface area (Å²) in [6.07, 6.45) is 4.49. The Bertz CT molecular complexity index is 660. The van der Waals surface area contributed by atoms with E-state index in [4.69, 9.17) is 4.74 Å². The van der Waals surface area contributed by atoms with Gasteiger partial charge < -0.3 is 4.74 Å². The third-order valence-electron chi connectivity index (χ3n) is 4.81. The second-order valence-corrected chi connectivity index (χ2v) is 6.35. The second kappa shape index (κ2) is 8.13. The predicted octanol–water partition coefficient (Wildman–Crippen LogP) is 5.31. The first-order chi connectivity index (χ1) is 11.6. The second-order valence-electron chi connectivity index (χ2n) is 6.35. The summed E-state index contributed by atoms with van der Waals surface area (Å²) < 4.78 is 6.05. The highest BCUT2D eigenvalue weighted by Gasteiger charge is 2.21. The van der Waals surface area contributed by atoms with Gasteiger partial charge in [0.2, 0.25) is 0 Å². The third-order valence-corrected chi connectivity index (χ3v) is 4.81. The average Bonchev–Trinajstić information content (AvgIpc) is 3.09. The highest BCUT2D eigenvalue weighted by molar-refractivity contribution is 5.85. The number of H-pyrrole nitrogens is 1. The summed E-state index contributed by atoms with van der Waals surface area (Å²) in [6.45, 7) is 11.5. The number of carbonyl (C=O) groups excluding carboxylic acids is 1. The van der Waals surface area contributed by atoms with Gasteiger partial charge in [-0.05, 0) is 54.9 Å². The average molecular weight is 328 g/mol. The Labute approximate surface area is 144 Å². The van der Waals surface area contributed by atoms with Crippen LogP contribution in [0.3, 0.4) is 0 Å². The molecule has 0 spiro atoms. The van der Waals surface area contributed by atoms with Crippen LogP contribution in [0.1, 0.15) is 80.8 Å². The Morgan fingerprint density at radius 3 is 2.17 bits per heavy atom. The van der Waals surface area contributed by atoms with Crippen molar-refractivity contribution in [3.8, 4) is 17.0 Å². The smallest absolute Gasteiger partial charge is 0.153 e. The van der Waals surface area contributed by atoms with Crippen LogP contribution in [0.15, 0.2) is 18.3 Å². The van der Waals surface area contributed by atoms with E-state index in [0.717, 1.165) is 36.1 Å². The van der Waals surface area contributed by atoms with E-state index in [1.807, 2.05) is 6.92 Å². The molecule has 2 atom stereocenters. The standard InChI is InChI=1S/C20H28N2O2/c1-6-13(4)17-9-15(19-16(12-23)11-21-22-19)10-18(14(5)7-2)20(17)24-8-3/h9-14H,6-8H2,1-5H3,(H,21,22). The van der Waals surface area contributed by atoms with E-state index in [-0.39, 0.29) is 0 Å². The van der Waals surface area contributed by atoms with Gasteiger partial charge in [-0.3, -0.25) is 9.89 Å². The fraction of sp³-hybridized carbons (Fsp3) is 0.500. The van der Waals surface area contributed by atoms with E-state index in [2.05, 4.69) is 50.0 Å². The number of aldehydes is 1. The molecule has 1 N–H and O–H groups in total. The minimum Gasteiger partial charge on any atom is -0.493 e. The quantitative estimate of drug-likeness (QED) is 0.668. The molecule has 2 unspecified atom stereocenters. The Morgan fingerprint density at radius 1 is 1.12 bits per heavy atom. The minimum atomic E-state index is 0.386. The molecule has 1 heterocycles. The van der Waals surface area contributed by atoms with Crippen molar-refractivity contribution in [3.05, 3.63) is 35.0 Å². The van der Waals surface area contributed by atoms with Gasteiger partial charge in [-0.2, -0.15) is 5.10 Å². The highest BCUT2D eigenvalue weighted by Crippen LogP contribution is 2.40. The molecular weight excluding hydrogens is 300 g/mol. The first-order valence-electron chi connectivity index (χ1n) is 8.86. The lowest BCUT2D eigenvalue weighted by molar-refractivity contribution is 0.112. The molecule has 0 amide bonds. The van der Waals surface area contributed by atoms with E-state index in [1.54, 1.807) is 6.20 Å². The zero-order valence-electron chi connectivity index (χ0n) is 15.3. The number of rotatable bonds is 8. The van der Waals surface area contributed by atoms with E-state index >= 15 is 0 Å². The largest absolute Gasteiger partial charge is 0.493 e. The maximum atomic E-state index is 11.3. The topological polar surface area (TPSA) is 55.0 Å². The summed E-state index contributed by atoms with van der Waals surface area (Å²) in [5.74, 6) is 1.78. The van der Waals surface area contributed by atoms with Crippen LogP contribution in [-0.2, 0) is 0 Å². The normalized spacial score (nSPS) is 13.5. The molecular formula is C20H28N2O2. The van der Waals surface area contributed by atoms with Crippen molar-refractivity contribution in [2.75, 3.05) is 6.61 Å². The van der Waals surface area contributed by atoms with Crippen LogP contribution in [0.2, 0.25) is 0 Å². The van der Waals surface area contributed by atoms with Gasteiger partial charge in [0.15, 0.2) is 6.29 Å². The van der Waals surface area contributed by atoms with Gasteiger partial charge in [-0.25, -0.2) is 0 Å². The van der Waals surface area contributed by atoms with Crippen LogP contribution >= 0.6 is 0 Å². The Balaban J connectivity index is 2.71.